The van der Waals surface area contributed by atoms with Crippen LogP contribution in [0.4, 0.5) is 13.2 Å². The van der Waals surface area contributed by atoms with Gasteiger partial charge in [-0.15, -0.1) is 0 Å². The normalized spacial score (nSPS) is 11.6. The van der Waals surface area contributed by atoms with Gasteiger partial charge in [-0.2, -0.15) is 13.2 Å². The average molecular weight is 280 g/mol. The van der Waals surface area contributed by atoms with E-state index in [0.29, 0.717) is 18.7 Å². The van der Waals surface area contributed by atoms with Gasteiger partial charge in [-0.1, -0.05) is 24.3 Å². The molecule has 0 aliphatic heterocycles. The topological polar surface area (TPSA) is 24.9 Å². The summed E-state index contributed by atoms with van der Waals surface area (Å²) in [6.45, 7) is 2.86. The monoisotopic (exact) mass is 280 g/mol. The Kier molecular flexibility index (Phi) is 4.39. The molecular formula is C15H15F3N2. The van der Waals surface area contributed by atoms with Crippen LogP contribution >= 0.6 is 0 Å². The molecule has 0 aliphatic carbocycles. The van der Waals surface area contributed by atoms with Crippen molar-refractivity contribution in [3.63, 3.8) is 0 Å². The highest BCUT2D eigenvalue weighted by molar-refractivity contribution is 5.25. The van der Waals surface area contributed by atoms with Crippen LogP contribution in [0.2, 0.25) is 0 Å². The van der Waals surface area contributed by atoms with Crippen molar-refractivity contribution in [1.29, 1.82) is 0 Å². The van der Waals surface area contributed by atoms with Crippen LogP contribution in [0.3, 0.4) is 0 Å². The van der Waals surface area contributed by atoms with Crippen molar-refractivity contribution in [2.45, 2.75) is 26.2 Å². The highest BCUT2D eigenvalue weighted by Gasteiger charge is 2.30. The molecule has 0 bridgehead atoms. The maximum Gasteiger partial charge on any atom is 0.416 e. The van der Waals surface area contributed by atoms with Crippen molar-refractivity contribution in [2.24, 2.45) is 0 Å². The molecule has 0 aliphatic rings. The predicted molar refractivity (Wildman–Crippen MR) is 71.0 cm³/mol. The molecule has 1 aromatic carbocycles. The van der Waals surface area contributed by atoms with Crippen molar-refractivity contribution >= 4 is 0 Å². The lowest BCUT2D eigenvalue weighted by Gasteiger charge is -2.10. The maximum atomic E-state index is 12.6. The van der Waals surface area contributed by atoms with Crippen molar-refractivity contribution in [1.82, 2.24) is 10.3 Å². The molecule has 0 amide bonds. The highest BCUT2D eigenvalue weighted by atomic mass is 19.4. The SMILES string of the molecule is Cc1cccnc1CNCc1cccc(C(F)(F)F)c1. The van der Waals surface area contributed by atoms with Crippen LogP contribution in [0, 0.1) is 6.92 Å². The van der Waals surface area contributed by atoms with E-state index in [1.165, 1.54) is 6.07 Å². The van der Waals surface area contributed by atoms with Gasteiger partial charge in [-0.3, -0.25) is 4.98 Å². The minimum atomic E-state index is -4.30. The second-order valence-corrected chi connectivity index (χ2v) is 4.57. The second kappa shape index (κ2) is 6.05. The minimum Gasteiger partial charge on any atom is -0.307 e. The Morgan fingerprint density at radius 3 is 2.60 bits per heavy atom. The number of nitrogens with zero attached hydrogens (tertiary/aromatic N) is 1. The zero-order valence-corrected chi connectivity index (χ0v) is 11.0. The van der Waals surface area contributed by atoms with Gasteiger partial charge in [0, 0.05) is 19.3 Å². The zero-order valence-electron chi connectivity index (χ0n) is 11.0. The number of benzene rings is 1. The number of aryl methyl sites for hydroxylation is 1. The van der Waals surface area contributed by atoms with Gasteiger partial charge in [-0.05, 0) is 30.2 Å². The summed E-state index contributed by atoms with van der Waals surface area (Å²) < 4.78 is 37.7. The Labute approximate surface area is 115 Å². The van der Waals surface area contributed by atoms with E-state index in [0.717, 1.165) is 23.4 Å². The van der Waals surface area contributed by atoms with Crippen molar-refractivity contribution in [3.05, 3.63) is 65.0 Å². The lowest BCUT2D eigenvalue weighted by Crippen LogP contribution is -2.15. The van der Waals surface area contributed by atoms with E-state index in [1.54, 1.807) is 12.3 Å². The summed E-state index contributed by atoms with van der Waals surface area (Å²) in [4.78, 5) is 4.22. The Morgan fingerprint density at radius 1 is 1.10 bits per heavy atom. The molecule has 106 valence electrons. The zero-order chi connectivity index (χ0) is 14.6. The average Bonchev–Trinajstić information content (AvgIpc) is 2.40. The minimum absolute atomic E-state index is 0.375. The highest BCUT2D eigenvalue weighted by Crippen LogP contribution is 2.29. The summed E-state index contributed by atoms with van der Waals surface area (Å²) in [5, 5.41) is 3.11. The van der Waals surface area contributed by atoms with Crippen LogP contribution in [-0.4, -0.2) is 4.98 Å². The molecule has 0 saturated heterocycles. The first-order valence-electron chi connectivity index (χ1n) is 6.24. The smallest absolute Gasteiger partial charge is 0.307 e. The number of alkyl halides is 3. The predicted octanol–water partition coefficient (Wildman–Crippen LogP) is 3.70. The number of hydrogen-bond acceptors (Lipinski definition) is 2. The largest absolute Gasteiger partial charge is 0.416 e. The first kappa shape index (κ1) is 14.5. The second-order valence-electron chi connectivity index (χ2n) is 4.57. The summed E-state index contributed by atoms with van der Waals surface area (Å²) >= 11 is 0. The number of rotatable bonds is 4. The van der Waals surface area contributed by atoms with E-state index >= 15 is 0 Å². The van der Waals surface area contributed by atoms with Crippen LogP contribution in [0.25, 0.3) is 0 Å². The maximum absolute atomic E-state index is 12.6. The molecule has 0 radical (unpaired) electrons. The molecule has 2 nitrogen and oxygen atoms in total. The fourth-order valence-electron chi connectivity index (χ4n) is 1.89. The number of pyridine rings is 1. The molecule has 0 fully saturated rings. The molecular weight excluding hydrogens is 265 g/mol. The number of nitrogens with one attached hydrogen (secondary N) is 1. The van der Waals surface area contributed by atoms with E-state index in [4.69, 9.17) is 0 Å². The van der Waals surface area contributed by atoms with Crippen molar-refractivity contribution < 1.29 is 13.2 Å². The molecule has 20 heavy (non-hydrogen) atoms. The van der Waals surface area contributed by atoms with Gasteiger partial charge < -0.3 is 5.32 Å². The fourth-order valence-corrected chi connectivity index (χ4v) is 1.89. The molecule has 2 rings (SSSR count). The van der Waals surface area contributed by atoms with Gasteiger partial charge in [-0.25, -0.2) is 0 Å². The van der Waals surface area contributed by atoms with Crippen LogP contribution in [-0.2, 0) is 19.3 Å². The molecule has 5 heteroatoms. The van der Waals surface area contributed by atoms with E-state index in [9.17, 15) is 13.2 Å². The lowest BCUT2D eigenvalue weighted by molar-refractivity contribution is -0.137. The van der Waals surface area contributed by atoms with Crippen LogP contribution < -0.4 is 5.32 Å². The number of halogens is 3. The Hall–Kier alpha value is -1.88. The Morgan fingerprint density at radius 2 is 1.90 bits per heavy atom. The Bertz CT molecular complexity index is 579. The summed E-state index contributed by atoms with van der Waals surface area (Å²) in [6, 6.07) is 9.14. The Balaban J connectivity index is 1.97. The van der Waals surface area contributed by atoms with Gasteiger partial charge in [0.15, 0.2) is 0 Å². The van der Waals surface area contributed by atoms with E-state index in [1.807, 2.05) is 19.1 Å². The summed E-state index contributed by atoms with van der Waals surface area (Å²) in [6.07, 6.45) is -2.60. The first-order valence-corrected chi connectivity index (χ1v) is 6.24. The van der Waals surface area contributed by atoms with E-state index in [-0.39, 0.29) is 0 Å². The quantitative estimate of drug-likeness (QED) is 0.923. The fraction of sp³-hybridized carbons (Fsp3) is 0.267. The molecule has 1 heterocycles. The van der Waals surface area contributed by atoms with Crippen molar-refractivity contribution in [2.75, 3.05) is 0 Å². The molecule has 0 saturated carbocycles. The third kappa shape index (κ3) is 3.81. The first-order chi connectivity index (χ1) is 9.47. The molecule has 2 aromatic rings. The summed E-state index contributed by atoms with van der Waals surface area (Å²) in [5.74, 6) is 0. The number of aromatic nitrogens is 1. The summed E-state index contributed by atoms with van der Waals surface area (Å²) in [5.41, 5.74) is 1.95. The lowest BCUT2D eigenvalue weighted by atomic mass is 10.1. The summed E-state index contributed by atoms with van der Waals surface area (Å²) in [7, 11) is 0. The molecule has 0 unspecified atom stereocenters. The molecule has 0 atom stereocenters. The molecule has 0 spiro atoms. The van der Waals surface area contributed by atoms with Gasteiger partial charge in [0.1, 0.15) is 0 Å². The van der Waals surface area contributed by atoms with Gasteiger partial charge in [0.05, 0.1) is 11.3 Å². The van der Waals surface area contributed by atoms with Crippen LogP contribution in [0.15, 0.2) is 42.6 Å². The van der Waals surface area contributed by atoms with Crippen LogP contribution in [0.1, 0.15) is 22.4 Å². The van der Waals surface area contributed by atoms with Gasteiger partial charge in [0.25, 0.3) is 0 Å². The van der Waals surface area contributed by atoms with Crippen molar-refractivity contribution in [3.8, 4) is 0 Å². The third-order valence-corrected chi connectivity index (χ3v) is 2.99. The number of hydrogen-bond donors (Lipinski definition) is 1. The third-order valence-electron chi connectivity index (χ3n) is 2.99. The standard InChI is InChI=1S/C15H15F3N2/c1-11-4-3-7-20-14(11)10-19-9-12-5-2-6-13(8-12)15(16,17)18/h2-8,19H,9-10H2,1H3. The van der Waals surface area contributed by atoms with E-state index < -0.39 is 11.7 Å². The van der Waals surface area contributed by atoms with E-state index in [2.05, 4.69) is 10.3 Å². The van der Waals surface area contributed by atoms with Crippen LogP contribution in [0.5, 0.6) is 0 Å². The molecule has 1 aromatic heterocycles. The molecule has 1 N–H and O–H groups in total. The van der Waals surface area contributed by atoms with Gasteiger partial charge in [0.2, 0.25) is 0 Å². The van der Waals surface area contributed by atoms with Gasteiger partial charge >= 0.3 is 6.18 Å².